The molecular formula is C17H18N4. The lowest BCUT2D eigenvalue weighted by atomic mass is 10.1. The van der Waals surface area contributed by atoms with Crippen molar-refractivity contribution in [2.24, 2.45) is 0 Å². The van der Waals surface area contributed by atoms with Crippen molar-refractivity contribution in [2.75, 3.05) is 11.5 Å². The van der Waals surface area contributed by atoms with Crippen molar-refractivity contribution < 1.29 is 0 Å². The van der Waals surface area contributed by atoms with E-state index in [1.807, 2.05) is 48.8 Å². The highest BCUT2D eigenvalue weighted by atomic mass is 15.1. The van der Waals surface area contributed by atoms with E-state index in [0.717, 1.165) is 35.7 Å². The van der Waals surface area contributed by atoms with Crippen molar-refractivity contribution in [2.45, 2.75) is 13.0 Å². The molecule has 3 rings (SSSR count). The second-order valence-electron chi connectivity index (χ2n) is 5.14. The van der Waals surface area contributed by atoms with Gasteiger partial charge in [0.25, 0.3) is 0 Å². The van der Waals surface area contributed by atoms with Gasteiger partial charge in [0.2, 0.25) is 0 Å². The Labute approximate surface area is 124 Å². The Morgan fingerprint density at radius 1 is 0.905 bits per heavy atom. The van der Waals surface area contributed by atoms with Gasteiger partial charge in [-0.2, -0.15) is 0 Å². The minimum Gasteiger partial charge on any atom is -0.399 e. The maximum Gasteiger partial charge on any atom is 0.113 e. The number of benzene rings is 2. The first-order valence-corrected chi connectivity index (χ1v) is 6.89. The van der Waals surface area contributed by atoms with Gasteiger partial charge in [0.15, 0.2) is 0 Å². The number of nitrogen functional groups attached to an aromatic ring is 2. The van der Waals surface area contributed by atoms with Gasteiger partial charge in [-0.1, -0.05) is 24.3 Å². The summed E-state index contributed by atoms with van der Waals surface area (Å²) >= 11 is 0. The van der Waals surface area contributed by atoms with Crippen LogP contribution >= 0.6 is 0 Å². The fraction of sp³-hybridized carbons (Fsp3) is 0.118. The molecule has 4 N–H and O–H groups in total. The molecule has 4 nitrogen and oxygen atoms in total. The Hall–Kier alpha value is -2.75. The van der Waals surface area contributed by atoms with Crippen molar-refractivity contribution in [3.05, 3.63) is 77.9 Å². The van der Waals surface area contributed by atoms with Crippen LogP contribution in [0.5, 0.6) is 0 Å². The number of anilines is 2. The molecule has 4 heteroatoms. The average molecular weight is 278 g/mol. The Balaban J connectivity index is 1.81. The molecule has 21 heavy (non-hydrogen) atoms. The minimum atomic E-state index is 0.764. The molecule has 1 aromatic heterocycles. The van der Waals surface area contributed by atoms with E-state index in [1.54, 1.807) is 0 Å². The quantitative estimate of drug-likeness (QED) is 0.721. The number of hydrogen-bond donors (Lipinski definition) is 2. The minimum absolute atomic E-state index is 0.764. The van der Waals surface area contributed by atoms with Gasteiger partial charge in [-0.05, 0) is 35.4 Å². The standard InChI is InChI=1S/C17H18N4/c18-15-5-1-3-13(9-15)11-17-20-7-8-21(17)12-14-4-2-6-16(19)10-14/h1-10H,11-12,18-19H2. The molecule has 106 valence electrons. The van der Waals surface area contributed by atoms with Crippen LogP contribution in [0.4, 0.5) is 11.4 Å². The largest absolute Gasteiger partial charge is 0.399 e. The summed E-state index contributed by atoms with van der Waals surface area (Å²) < 4.78 is 2.14. The van der Waals surface area contributed by atoms with E-state index in [9.17, 15) is 0 Å². The van der Waals surface area contributed by atoms with Gasteiger partial charge in [-0.3, -0.25) is 0 Å². The molecule has 3 aromatic rings. The van der Waals surface area contributed by atoms with Crippen molar-refractivity contribution in [1.82, 2.24) is 9.55 Å². The number of rotatable bonds is 4. The van der Waals surface area contributed by atoms with E-state index in [-0.39, 0.29) is 0 Å². The van der Waals surface area contributed by atoms with Crippen molar-refractivity contribution >= 4 is 11.4 Å². The molecule has 0 saturated carbocycles. The van der Waals surface area contributed by atoms with Gasteiger partial charge in [-0.25, -0.2) is 4.98 Å². The summed E-state index contributed by atoms with van der Waals surface area (Å²) in [6.45, 7) is 0.767. The lowest BCUT2D eigenvalue weighted by molar-refractivity contribution is 0.741. The van der Waals surface area contributed by atoms with Gasteiger partial charge >= 0.3 is 0 Å². The van der Waals surface area contributed by atoms with Crippen LogP contribution in [-0.2, 0) is 13.0 Å². The summed E-state index contributed by atoms with van der Waals surface area (Å²) in [6.07, 6.45) is 4.58. The predicted octanol–water partition coefficient (Wildman–Crippen LogP) is 2.69. The first kappa shape index (κ1) is 13.2. The first-order chi connectivity index (χ1) is 10.2. The Morgan fingerprint density at radius 2 is 1.57 bits per heavy atom. The second-order valence-corrected chi connectivity index (χ2v) is 5.14. The Bertz CT molecular complexity index is 684. The van der Waals surface area contributed by atoms with Crippen LogP contribution < -0.4 is 11.5 Å². The van der Waals surface area contributed by atoms with Crippen LogP contribution in [0.25, 0.3) is 0 Å². The van der Waals surface area contributed by atoms with Crippen LogP contribution in [0, 0.1) is 0 Å². The molecule has 0 fully saturated rings. The molecule has 0 amide bonds. The predicted molar refractivity (Wildman–Crippen MR) is 85.8 cm³/mol. The Kier molecular flexibility index (Phi) is 3.60. The van der Waals surface area contributed by atoms with E-state index >= 15 is 0 Å². The molecule has 2 aromatic carbocycles. The smallest absolute Gasteiger partial charge is 0.113 e. The highest BCUT2D eigenvalue weighted by Gasteiger charge is 2.05. The fourth-order valence-electron chi connectivity index (χ4n) is 2.43. The molecule has 0 aliphatic rings. The third-order valence-electron chi connectivity index (χ3n) is 3.42. The van der Waals surface area contributed by atoms with Gasteiger partial charge in [0.05, 0.1) is 0 Å². The number of imidazole rings is 1. The lowest BCUT2D eigenvalue weighted by Crippen LogP contribution is -2.05. The maximum atomic E-state index is 5.83. The van der Waals surface area contributed by atoms with Crippen LogP contribution in [-0.4, -0.2) is 9.55 Å². The molecule has 0 spiro atoms. The highest BCUT2D eigenvalue weighted by molar-refractivity contribution is 5.42. The summed E-state index contributed by atoms with van der Waals surface area (Å²) in [5, 5.41) is 0. The Morgan fingerprint density at radius 3 is 2.29 bits per heavy atom. The van der Waals surface area contributed by atoms with Crippen LogP contribution in [0.2, 0.25) is 0 Å². The summed E-state index contributed by atoms with van der Waals surface area (Å²) in [5.41, 5.74) is 15.5. The zero-order valence-electron chi connectivity index (χ0n) is 11.7. The van der Waals surface area contributed by atoms with Crippen LogP contribution in [0.15, 0.2) is 60.9 Å². The van der Waals surface area contributed by atoms with Crippen LogP contribution in [0.3, 0.4) is 0 Å². The third-order valence-corrected chi connectivity index (χ3v) is 3.42. The zero-order valence-corrected chi connectivity index (χ0v) is 11.7. The van der Waals surface area contributed by atoms with E-state index in [0.29, 0.717) is 0 Å². The SMILES string of the molecule is Nc1cccc(Cc2nccn2Cc2cccc(N)c2)c1. The monoisotopic (exact) mass is 278 g/mol. The van der Waals surface area contributed by atoms with Gasteiger partial charge in [0.1, 0.15) is 5.82 Å². The molecule has 0 saturated heterocycles. The average Bonchev–Trinajstić information content (AvgIpc) is 2.86. The molecule has 0 bridgehead atoms. The molecule has 0 radical (unpaired) electrons. The molecular weight excluding hydrogens is 260 g/mol. The van der Waals surface area contributed by atoms with E-state index in [4.69, 9.17) is 11.5 Å². The molecule has 0 aliphatic heterocycles. The van der Waals surface area contributed by atoms with E-state index in [1.165, 1.54) is 5.56 Å². The molecule has 0 aliphatic carbocycles. The number of hydrogen-bond acceptors (Lipinski definition) is 3. The lowest BCUT2D eigenvalue weighted by Gasteiger charge is -2.09. The van der Waals surface area contributed by atoms with Crippen LogP contribution in [0.1, 0.15) is 17.0 Å². The van der Waals surface area contributed by atoms with Crippen molar-refractivity contribution in [1.29, 1.82) is 0 Å². The summed E-state index contributed by atoms with van der Waals surface area (Å²) in [6, 6.07) is 15.8. The van der Waals surface area contributed by atoms with E-state index in [2.05, 4.69) is 21.7 Å². The van der Waals surface area contributed by atoms with E-state index < -0.39 is 0 Å². The van der Waals surface area contributed by atoms with Crippen molar-refractivity contribution in [3.63, 3.8) is 0 Å². The third kappa shape index (κ3) is 3.23. The summed E-state index contributed by atoms with van der Waals surface area (Å²) in [4.78, 5) is 4.45. The summed E-state index contributed by atoms with van der Waals surface area (Å²) in [7, 11) is 0. The fourth-order valence-corrected chi connectivity index (χ4v) is 2.43. The normalized spacial score (nSPS) is 10.7. The molecule has 1 heterocycles. The molecule has 0 unspecified atom stereocenters. The van der Waals surface area contributed by atoms with Crippen molar-refractivity contribution in [3.8, 4) is 0 Å². The number of aromatic nitrogens is 2. The number of nitrogens with two attached hydrogens (primary N) is 2. The zero-order chi connectivity index (χ0) is 14.7. The second kappa shape index (κ2) is 5.71. The maximum absolute atomic E-state index is 5.83. The highest BCUT2D eigenvalue weighted by Crippen LogP contribution is 2.14. The first-order valence-electron chi connectivity index (χ1n) is 6.89. The van der Waals surface area contributed by atoms with Gasteiger partial charge < -0.3 is 16.0 Å². The van der Waals surface area contributed by atoms with Gasteiger partial charge in [0, 0.05) is 36.7 Å². The summed E-state index contributed by atoms with van der Waals surface area (Å²) in [5.74, 6) is 1.02. The molecule has 0 atom stereocenters. The topological polar surface area (TPSA) is 69.9 Å². The van der Waals surface area contributed by atoms with Gasteiger partial charge in [-0.15, -0.1) is 0 Å². The number of nitrogens with zero attached hydrogens (tertiary/aromatic N) is 2.